The highest BCUT2D eigenvalue weighted by Gasteiger charge is 2.65. The van der Waals surface area contributed by atoms with Crippen molar-refractivity contribution in [2.75, 3.05) is 6.54 Å². The number of benzene rings is 1. The smallest absolute Gasteiger partial charge is 0.219 e. The van der Waals surface area contributed by atoms with E-state index in [1.54, 1.807) is 6.92 Å². The quantitative estimate of drug-likeness (QED) is 0.737. The Morgan fingerprint density at radius 3 is 3.00 bits per heavy atom. The molecule has 0 N–H and O–H groups in total. The Balaban J connectivity index is 1.78. The van der Waals surface area contributed by atoms with Crippen LogP contribution in [0.15, 0.2) is 12.1 Å². The van der Waals surface area contributed by atoms with E-state index < -0.39 is 0 Å². The third-order valence-corrected chi connectivity index (χ3v) is 6.73. The van der Waals surface area contributed by atoms with Gasteiger partial charge in [0.25, 0.3) is 0 Å². The summed E-state index contributed by atoms with van der Waals surface area (Å²) in [6.07, 6.45) is 2.90. The number of hydrogen-bond donors (Lipinski definition) is 0. The lowest BCUT2D eigenvalue weighted by atomic mass is 9.51. The minimum atomic E-state index is -0.326. The topological polar surface area (TPSA) is 46.6 Å². The molecular formula is C19H21NO3. The normalized spacial score (nSPS) is 36.5. The molecule has 4 atom stereocenters. The van der Waals surface area contributed by atoms with Crippen LogP contribution in [-0.2, 0) is 21.4 Å². The van der Waals surface area contributed by atoms with Crippen molar-refractivity contribution in [2.45, 2.75) is 57.1 Å². The summed E-state index contributed by atoms with van der Waals surface area (Å²) < 4.78 is 6.26. The number of nitrogens with zero attached hydrogens (tertiary/aromatic N) is 1. The maximum atomic E-state index is 12.6. The first-order valence-electron chi connectivity index (χ1n) is 8.63. The third kappa shape index (κ3) is 1.43. The number of likely N-dealkylation sites (tertiary alicyclic amines) is 1. The van der Waals surface area contributed by atoms with Crippen LogP contribution in [0.4, 0.5) is 0 Å². The van der Waals surface area contributed by atoms with Crippen LogP contribution in [0.1, 0.15) is 42.9 Å². The van der Waals surface area contributed by atoms with Gasteiger partial charge in [0.1, 0.15) is 5.75 Å². The number of carbonyl (C=O) groups is 2. The predicted molar refractivity (Wildman–Crippen MR) is 84.5 cm³/mol. The lowest BCUT2D eigenvalue weighted by molar-refractivity contribution is -0.146. The molecule has 5 rings (SSSR count). The summed E-state index contributed by atoms with van der Waals surface area (Å²) in [5, 5.41) is 0. The number of aryl methyl sites for hydroxylation is 1. The molecule has 4 aliphatic rings. The van der Waals surface area contributed by atoms with E-state index in [0.29, 0.717) is 12.3 Å². The van der Waals surface area contributed by atoms with Gasteiger partial charge in [-0.25, -0.2) is 0 Å². The van der Waals surface area contributed by atoms with Gasteiger partial charge in [0.15, 0.2) is 11.9 Å². The van der Waals surface area contributed by atoms with Gasteiger partial charge in [0.2, 0.25) is 5.91 Å². The van der Waals surface area contributed by atoms with E-state index in [1.165, 1.54) is 11.1 Å². The summed E-state index contributed by atoms with van der Waals surface area (Å²) in [6.45, 7) is 4.49. The van der Waals surface area contributed by atoms with Gasteiger partial charge in [-0.3, -0.25) is 9.59 Å². The minimum absolute atomic E-state index is 0.160. The SMILES string of the molecule is CC(=O)N1CC[C@@]23c4c5ccc(C)c4O[C@@H]2C(=O)CC[C@@H]3[C@@H]1C5. The Morgan fingerprint density at radius 1 is 1.39 bits per heavy atom. The Bertz CT molecular complexity index is 755. The van der Waals surface area contributed by atoms with E-state index in [9.17, 15) is 9.59 Å². The van der Waals surface area contributed by atoms with Crippen molar-refractivity contribution in [1.29, 1.82) is 0 Å². The number of piperidine rings is 1. The molecule has 2 bridgehead atoms. The van der Waals surface area contributed by atoms with E-state index >= 15 is 0 Å². The highest BCUT2D eigenvalue weighted by atomic mass is 16.5. The van der Waals surface area contributed by atoms with Crippen LogP contribution in [0.3, 0.4) is 0 Å². The van der Waals surface area contributed by atoms with Crippen molar-refractivity contribution in [1.82, 2.24) is 4.90 Å². The Morgan fingerprint density at radius 2 is 2.22 bits per heavy atom. The molecule has 1 saturated carbocycles. The molecule has 4 nitrogen and oxygen atoms in total. The molecule has 0 aromatic heterocycles. The average molecular weight is 311 g/mol. The maximum Gasteiger partial charge on any atom is 0.219 e. The van der Waals surface area contributed by atoms with Crippen molar-refractivity contribution in [3.8, 4) is 5.75 Å². The molecule has 2 fully saturated rings. The Labute approximate surface area is 135 Å². The van der Waals surface area contributed by atoms with Crippen LogP contribution in [-0.4, -0.2) is 35.3 Å². The van der Waals surface area contributed by atoms with Crippen LogP contribution >= 0.6 is 0 Å². The number of carbonyl (C=O) groups excluding carboxylic acids is 2. The summed E-state index contributed by atoms with van der Waals surface area (Å²) in [5.41, 5.74) is 3.54. The van der Waals surface area contributed by atoms with Gasteiger partial charge < -0.3 is 9.64 Å². The summed E-state index contributed by atoms with van der Waals surface area (Å²) in [7, 11) is 0. The van der Waals surface area contributed by atoms with E-state index in [2.05, 4.69) is 19.1 Å². The van der Waals surface area contributed by atoms with E-state index in [-0.39, 0.29) is 29.3 Å². The third-order valence-electron chi connectivity index (χ3n) is 6.73. The summed E-state index contributed by atoms with van der Waals surface area (Å²) in [4.78, 5) is 26.8. The standard InChI is InChI=1S/C19H21NO3/c1-10-3-4-12-9-14-13-5-6-15(22)18-19(13,16(12)17(10)23-18)7-8-20(14)11(2)21/h3-4,13-14,18H,5-9H2,1-2H3/t13-,14+,18-,19-/m1/s1. The predicted octanol–water partition coefficient (Wildman–Crippen LogP) is 2.15. The lowest BCUT2D eigenvalue weighted by Crippen LogP contribution is -2.66. The molecule has 2 aliphatic carbocycles. The Kier molecular flexibility index (Phi) is 2.46. The highest BCUT2D eigenvalue weighted by molar-refractivity contribution is 5.89. The van der Waals surface area contributed by atoms with Gasteiger partial charge in [-0.1, -0.05) is 12.1 Å². The molecule has 0 radical (unpaired) electrons. The van der Waals surface area contributed by atoms with Crippen LogP contribution < -0.4 is 4.74 Å². The fraction of sp³-hybridized carbons (Fsp3) is 0.579. The fourth-order valence-corrected chi connectivity index (χ4v) is 5.87. The molecule has 2 heterocycles. The molecule has 1 aromatic rings. The van der Waals surface area contributed by atoms with Crippen molar-refractivity contribution in [3.05, 3.63) is 28.8 Å². The summed E-state index contributed by atoms with van der Waals surface area (Å²) in [6, 6.07) is 4.51. The number of ether oxygens (including phenoxy) is 1. The number of ketones is 1. The highest BCUT2D eigenvalue weighted by Crippen LogP contribution is 2.62. The second kappa shape index (κ2) is 4.16. The zero-order valence-electron chi connectivity index (χ0n) is 13.6. The Hall–Kier alpha value is -1.84. The van der Waals surface area contributed by atoms with Gasteiger partial charge in [-0.05, 0) is 43.2 Å². The second-order valence-electron chi connectivity index (χ2n) is 7.63. The number of Topliss-reactive ketones (excluding diaryl/α,β-unsaturated/α-hetero) is 1. The molecule has 1 spiro atoms. The van der Waals surface area contributed by atoms with Gasteiger partial charge >= 0.3 is 0 Å². The zero-order chi connectivity index (χ0) is 15.9. The monoisotopic (exact) mass is 311 g/mol. The summed E-state index contributed by atoms with van der Waals surface area (Å²) in [5.74, 6) is 1.73. The average Bonchev–Trinajstić information content (AvgIpc) is 2.86. The van der Waals surface area contributed by atoms with Crippen LogP contribution in [0.2, 0.25) is 0 Å². The first-order valence-corrected chi connectivity index (χ1v) is 8.63. The van der Waals surface area contributed by atoms with Crippen molar-refractivity contribution in [3.63, 3.8) is 0 Å². The molecule has 1 aromatic carbocycles. The van der Waals surface area contributed by atoms with Crippen LogP contribution in [0.5, 0.6) is 5.75 Å². The van der Waals surface area contributed by atoms with E-state index in [4.69, 9.17) is 4.74 Å². The number of hydrogen-bond acceptors (Lipinski definition) is 3. The number of amides is 1. The summed E-state index contributed by atoms with van der Waals surface area (Å²) >= 11 is 0. The van der Waals surface area contributed by atoms with Gasteiger partial charge in [0.05, 0.1) is 0 Å². The zero-order valence-corrected chi connectivity index (χ0v) is 13.6. The van der Waals surface area contributed by atoms with Gasteiger partial charge in [-0.2, -0.15) is 0 Å². The maximum absolute atomic E-state index is 12.6. The number of rotatable bonds is 0. The second-order valence-corrected chi connectivity index (χ2v) is 7.63. The lowest BCUT2D eigenvalue weighted by Gasteiger charge is -2.57. The van der Waals surface area contributed by atoms with E-state index in [1.807, 2.05) is 4.90 Å². The molecular weight excluding hydrogens is 290 g/mol. The van der Waals surface area contributed by atoms with Crippen molar-refractivity contribution < 1.29 is 14.3 Å². The van der Waals surface area contributed by atoms with Crippen molar-refractivity contribution in [2.24, 2.45) is 5.92 Å². The van der Waals surface area contributed by atoms with Gasteiger partial charge in [0, 0.05) is 36.9 Å². The first-order chi connectivity index (χ1) is 11.0. The molecule has 0 unspecified atom stereocenters. The van der Waals surface area contributed by atoms with E-state index in [0.717, 1.165) is 37.1 Å². The fourth-order valence-electron chi connectivity index (χ4n) is 5.87. The van der Waals surface area contributed by atoms with Gasteiger partial charge in [-0.15, -0.1) is 0 Å². The van der Waals surface area contributed by atoms with Crippen LogP contribution in [0.25, 0.3) is 0 Å². The van der Waals surface area contributed by atoms with Crippen LogP contribution in [0, 0.1) is 12.8 Å². The molecule has 2 aliphatic heterocycles. The van der Waals surface area contributed by atoms with Crippen molar-refractivity contribution >= 4 is 11.7 Å². The molecule has 1 saturated heterocycles. The minimum Gasteiger partial charge on any atom is -0.481 e. The molecule has 23 heavy (non-hydrogen) atoms. The largest absolute Gasteiger partial charge is 0.481 e. The first kappa shape index (κ1) is 13.6. The molecule has 120 valence electrons. The molecule has 1 amide bonds. The molecule has 4 heteroatoms.